The maximum Gasteiger partial charge on any atom is 0.184 e. The highest BCUT2D eigenvalue weighted by Crippen LogP contribution is 2.54. The van der Waals surface area contributed by atoms with E-state index in [4.69, 9.17) is 0 Å². The van der Waals surface area contributed by atoms with E-state index in [1.807, 2.05) is 121 Å². The first-order chi connectivity index (χ1) is 20.5. The Balaban J connectivity index is 1.67. The predicted octanol–water partition coefficient (Wildman–Crippen LogP) is 10.6. The maximum absolute atomic E-state index is 15.8. The summed E-state index contributed by atoms with van der Waals surface area (Å²) in [5.74, 6) is -0.0424. The van der Waals surface area contributed by atoms with Crippen LogP contribution in [0.5, 0.6) is 0 Å². The van der Waals surface area contributed by atoms with Crippen molar-refractivity contribution in [1.82, 2.24) is 0 Å². The van der Waals surface area contributed by atoms with E-state index in [0.29, 0.717) is 0 Å². The van der Waals surface area contributed by atoms with Crippen LogP contribution in [0.4, 0.5) is 0 Å². The van der Waals surface area contributed by atoms with Crippen LogP contribution in [0.2, 0.25) is 0 Å². The Morgan fingerprint density at radius 1 is 0.381 bits per heavy atom. The van der Waals surface area contributed by atoms with Gasteiger partial charge in [0.2, 0.25) is 0 Å². The van der Waals surface area contributed by atoms with Gasteiger partial charge in [0.05, 0.1) is 0 Å². The normalized spacial score (nSPS) is 14.0. The number of benzene rings is 6. The van der Waals surface area contributed by atoms with E-state index in [1.165, 1.54) is 0 Å². The monoisotopic (exact) mass is 670 g/mol. The number of rotatable bonds is 8. The molecule has 6 aromatic rings. The third kappa shape index (κ3) is 4.98. The van der Waals surface area contributed by atoms with E-state index < -0.39 is 8.65 Å². The van der Waals surface area contributed by atoms with Crippen LogP contribution in [0.25, 0.3) is 22.3 Å². The molecule has 6 rings (SSSR count). The highest BCUT2D eigenvalue weighted by atomic mass is 79.9. The lowest BCUT2D eigenvalue weighted by Gasteiger charge is -2.39. The first kappa shape index (κ1) is 28.1. The lowest BCUT2D eigenvalue weighted by molar-refractivity contribution is -0.121. The number of halogens is 2. The van der Waals surface area contributed by atoms with Gasteiger partial charge >= 0.3 is 0 Å². The van der Waals surface area contributed by atoms with Crippen LogP contribution in [0.15, 0.2) is 170 Å². The minimum Gasteiger partial charge on any atom is -0.295 e. The van der Waals surface area contributed by atoms with Crippen molar-refractivity contribution >= 4 is 37.6 Å². The van der Waals surface area contributed by atoms with Gasteiger partial charge in [-0.2, -0.15) is 0 Å². The summed E-state index contributed by atoms with van der Waals surface area (Å²) in [5, 5.41) is 0. The summed E-state index contributed by atoms with van der Waals surface area (Å²) in [5.41, 5.74) is 7.55. The molecule has 0 aliphatic heterocycles. The predicted molar refractivity (Wildman–Crippen MR) is 181 cm³/mol. The zero-order chi connectivity index (χ0) is 29.0. The molecule has 0 aromatic heterocycles. The molecule has 0 fully saturated rings. The number of carbonyl (C=O) groups is 1. The number of hydrogen-bond acceptors (Lipinski definition) is 1. The number of alkyl halides is 2. The van der Waals surface area contributed by atoms with E-state index in [-0.39, 0.29) is 5.78 Å². The summed E-state index contributed by atoms with van der Waals surface area (Å²) in [6.45, 7) is 0. The van der Waals surface area contributed by atoms with E-state index in [2.05, 4.69) is 80.4 Å². The van der Waals surface area contributed by atoms with Crippen LogP contribution in [-0.2, 0) is 13.4 Å². The molecule has 0 spiro atoms. The second kappa shape index (κ2) is 12.1. The molecule has 204 valence electrons. The SMILES string of the molecule is O=C(C(Br)(c1ccccc1)c1ccccc1-c1ccccc1)C(Br)(c1ccccc1)c1ccccc1-c1ccccc1. The highest BCUT2D eigenvalue weighted by molar-refractivity contribution is 9.11. The van der Waals surface area contributed by atoms with Crippen molar-refractivity contribution < 1.29 is 4.79 Å². The van der Waals surface area contributed by atoms with Crippen LogP contribution in [0.1, 0.15) is 22.3 Å². The zero-order valence-electron chi connectivity index (χ0n) is 22.8. The summed E-state index contributed by atoms with van der Waals surface area (Å²) in [6, 6.07) is 56.8. The summed E-state index contributed by atoms with van der Waals surface area (Å²) in [7, 11) is 0. The Morgan fingerprint density at radius 3 is 1.02 bits per heavy atom. The molecule has 0 bridgehead atoms. The molecule has 0 radical (unpaired) electrons. The summed E-state index contributed by atoms with van der Waals surface area (Å²) < 4.78 is -2.41. The molecule has 1 nitrogen and oxygen atoms in total. The number of carbonyl (C=O) groups excluding carboxylic acids is 1. The van der Waals surface area contributed by atoms with E-state index >= 15 is 4.79 Å². The maximum atomic E-state index is 15.8. The third-order valence-electron chi connectivity index (χ3n) is 7.73. The standard InChI is InChI=1S/C39H28Br2O/c40-38(31-21-9-3-10-22-31,35-27-15-13-25-33(35)29-17-5-1-6-18-29)37(42)39(41,32-23-11-4-12-24-32)36-28-16-14-26-34(36)30-19-7-2-8-20-30/h1-28H. The molecule has 0 saturated heterocycles. The largest absolute Gasteiger partial charge is 0.295 e. The van der Waals surface area contributed by atoms with Gasteiger partial charge in [-0.05, 0) is 44.5 Å². The lowest BCUT2D eigenvalue weighted by atomic mass is 9.73. The molecule has 3 heteroatoms. The molecular weight excluding hydrogens is 644 g/mol. The van der Waals surface area contributed by atoms with Crippen molar-refractivity contribution in [3.05, 3.63) is 192 Å². The Morgan fingerprint density at radius 2 is 0.667 bits per heavy atom. The zero-order valence-corrected chi connectivity index (χ0v) is 26.0. The van der Waals surface area contributed by atoms with Gasteiger partial charge in [0.25, 0.3) is 0 Å². The molecule has 0 aliphatic rings. The summed E-state index contributed by atoms with van der Waals surface area (Å²) in [4.78, 5) is 15.8. The van der Waals surface area contributed by atoms with Crippen molar-refractivity contribution in [2.45, 2.75) is 8.65 Å². The van der Waals surface area contributed by atoms with Crippen molar-refractivity contribution in [1.29, 1.82) is 0 Å². The van der Waals surface area contributed by atoms with E-state index in [1.54, 1.807) is 0 Å². The van der Waals surface area contributed by atoms with Crippen LogP contribution < -0.4 is 0 Å². The summed E-state index contributed by atoms with van der Waals surface area (Å²) in [6.07, 6.45) is 0. The van der Waals surface area contributed by atoms with Crippen LogP contribution in [0.3, 0.4) is 0 Å². The number of Topliss-reactive ketones (excluding diaryl/α,β-unsaturated/α-hetero) is 1. The Kier molecular flexibility index (Phi) is 8.06. The molecule has 42 heavy (non-hydrogen) atoms. The average molecular weight is 672 g/mol. The third-order valence-corrected chi connectivity index (χ3v) is 10.2. The minimum atomic E-state index is -1.20. The first-order valence-electron chi connectivity index (χ1n) is 13.9. The fourth-order valence-electron chi connectivity index (χ4n) is 5.70. The van der Waals surface area contributed by atoms with Gasteiger partial charge in [0, 0.05) is 0 Å². The van der Waals surface area contributed by atoms with Crippen molar-refractivity contribution in [3.8, 4) is 22.3 Å². The fraction of sp³-hybridized carbons (Fsp3) is 0.0513. The van der Waals surface area contributed by atoms with Crippen molar-refractivity contribution in [2.24, 2.45) is 0 Å². The van der Waals surface area contributed by atoms with E-state index in [0.717, 1.165) is 44.5 Å². The summed E-state index contributed by atoms with van der Waals surface area (Å²) >= 11 is 8.29. The lowest BCUT2D eigenvalue weighted by Crippen LogP contribution is -2.44. The van der Waals surface area contributed by atoms with Gasteiger partial charge in [-0.1, -0.05) is 202 Å². The van der Waals surface area contributed by atoms with Gasteiger partial charge < -0.3 is 0 Å². The smallest absolute Gasteiger partial charge is 0.184 e. The fourth-order valence-corrected chi connectivity index (χ4v) is 7.78. The molecule has 2 unspecified atom stereocenters. The topological polar surface area (TPSA) is 17.1 Å². The van der Waals surface area contributed by atoms with Crippen LogP contribution >= 0.6 is 31.9 Å². The Labute approximate surface area is 264 Å². The Bertz CT molecular complexity index is 1670. The quantitative estimate of drug-likeness (QED) is 0.147. The minimum absolute atomic E-state index is 0.0424. The van der Waals surface area contributed by atoms with Gasteiger partial charge in [-0.25, -0.2) is 0 Å². The molecule has 0 saturated carbocycles. The van der Waals surface area contributed by atoms with E-state index in [9.17, 15) is 0 Å². The molecule has 0 heterocycles. The van der Waals surface area contributed by atoms with Gasteiger partial charge in [-0.3, -0.25) is 4.79 Å². The molecule has 0 N–H and O–H groups in total. The number of hydrogen-bond donors (Lipinski definition) is 0. The van der Waals surface area contributed by atoms with Gasteiger partial charge in [0.15, 0.2) is 5.78 Å². The van der Waals surface area contributed by atoms with Crippen molar-refractivity contribution in [2.75, 3.05) is 0 Å². The molecule has 0 aliphatic carbocycles. The molecule has 2 atom stereocenters. The first-order valence-corrected chi connectivity index (χ1v) is 15.5. The highest BCUT2D eigenvalue weighted by Gasteiger charge is 2.53. The second-order valence-electron chi connectivity index (χ2n) is 10.2. The second-order valence-corrected chi connectivity index (χ2v) is 12.6. The van der Waals surface area contributed by atoms with Gasteiger partial charge in [-0.15, -0.1) is 0 Å². The molecule has 0 amide bonds. The van der Waals surface area contributed by atoms with Crippen LogP contribution in [0, 0.1) is 0 Å². The molecule has 6 aromatic carbocycles. The number of ketones is 1. The van der Waals surface area contributed by atoms with Crippen LogP contribution in [-0.4, -0.2) is 5.78 Å². The van der Waals surface area contributed by atoms with Gasteiger partial charge in [0.1, 0.15) is 8.65 Å². The van der Waals surface area contributed by atoms with Crippen molar-refractivity contribution in [3.63, 3.8) is 0 Å². The average Bonchev–Trinajstić information content (AvgIpc) is 3.09. The molecular formula is C39H28Br2O. The Hall–Kier alpha value is -4.05.